The van der Waals surface area contributed by atoms with Gasteiger partial charge in [0.2, 0.25) is 6.54 Å². The number of nitro groups is 1. The van der Waals surface area contributed by atoms with E-state index in [1.807, 2.05) is 18.4 Å². The summed E-state index contributed by atoms with van der Waals surface area (Å²) in [7, 11) is 0. The van der Waals surface area contributed by atoms with Gasteiger partial charge in [0.25, 0.3) is 0 Å². The summed E-state index contributed by atoms with van der Waals surface area (Å²) in [5.41, 5.74) is 0.622. The van der Waals surface area contributed by atoms with E-state index in [1.54, 1.807) is 12.1 Å². The lowest BCUT2D eigenvalue weighted by molar-refractivity contribution is -0.491. The molecule has 0 heterocycles. The van der Waals surface area contributed by atoms with E-state index in [0.717, 1.165) is 4.90 Å². The van der Waals surface area contributed by atoms with Gasteiger partial charge in [0, 0.05) is 15.4 Å². The second-order valence-electron chi connectivity index (χ2n) is 2.77. The first-order chi connectivity index (χ1) is 6.65. The lowest BCUT2D eigenvalue weighted by Crippen LogP contribution is -2.12. The lowest BCUT2D eigenvalue weighted by atomic mass is 10.1. The van der Waals surface area contributed by atoms with E-state index in [2.05, 4.69) is 0 Å². The molecule has 0 aliphatic carbocycles. The van der Waals surface area contributed by atoms with E-state index in [9.17, 15) is 15.2 Å². The highest BCUT2D eigenvalue weighted by Gasteiger charge is 2.16. The highest BCUT2D eigenvalue weighted by Crippen LogP contribution is 2.25. The molecule has 76 valence electrons. The summed E-state index contributed by atoms with van der Waals surface area (Å²) in [4.78, 5) is 10.6. The summed E-state index contributed by atoms with van der Waals surface area (Å²) in [6.45, 7) is -0.447. The predicted octanol–water partition coefficient (Wildman–Crippen LogP) is 1.72. The van der Waals surface area contributed by atoms with Crippen LogP contribution in [0.1, 0.15) is 11.7 Å². The molecule has 0 unspecified atom stereocenters. The van der Waals surface area contributed by atoms with E-state index < -0.39 is 17.6 Å². The maximum atomic E-state index is 10.2. The van der Waals surface area contributed by atoms with Gasteiger partial charge in [-0.15, -0.1) is 11.8 Å². The van der Waals surface area contributed by atoms with Crippen molar-refractivity contribution in [2.45, 2.75) is 11.0 Å². The molecule has 1 atom stereocenters. The largest absolute Gasteiger partial charge is 0.381 e. The molecule has 0 bridgehead atoms. The van der Waals surface area contributed by atoms with Crippen molar-refractivity contribution in [1.82, 2.24) is 0 Å². The van der Waals surface area contributed by atoms with E-state index in [-0.39, 0.29) is 0 Å². The van der Waals surface area contributed by atoms with Crippen molar-refractivity contribution in [3.63, 3.8) is 0 Å². The van der Waals surface area contributed by atoms with Gasteiger partial charge in [0.15, 0.2) is 0 Å². The summed E-state index contributed by atoms with van der Waals surface area (Å²) < 4.78 is 0. The van der Waals surface area contributed by atoms with Crippen molar-refractivity contribution in [2.75, 3.05) is 12.8 Å². The molecule has 4 nitrogen and oxygen atoms in total. The van der Waals surface area contributed by atoms with Gasteiger partial charge in [0.05, 0.1) is 0 Å². The molecule has 5 heteroatoms. The van der Waals surface area contributed by atoms with Gasteiger partial charge < -0.3 is 5.11 Å². The molecule has 0 spiro atoms. The SMILES string of the molecule is CSc1ccccc1[C@H](O)C[N+](=O)[O-]. The number of nitrogens with zero attached hydrogens (tertiary/aromatic N) is 1. The quantitative estimate of drug-likeness (QED) is 0.470. The first-order valence-electron chi connectivity index (χ1n) is 4.08. The fraction of sp³-hybridized carbons (Fsp3) is 0.333. The number of thioether (sulfide) groups is 1. The van der Waals surface area contributed by atoms with Gasteiger partial charge in [0.1, 0.15) is 6.10 Å². The molecule has 0 radical (unpaired) electrons. The minimum absolute atomic E-state index is 0.447. The number of hydrogen-bond donors (Lipinski definition) is 1. The number of benzene rings is 1. The molecular formula is C9H11NO3S. The monoisotopic (exact) mass is 213 g/mol. The van der Waals surface area contributed by atoms with Crippen molar-refractivity contribution in [3.05, 3.63) is 39.9 Å². The Morgan fingerprint density at radius 1 is 1.57 bits per heavy atom. The maximum Gasteiger partial charge on any atom is 0.233 e. The van der Waals surface area contributed by atoms with Crippen LogP contribution in [0.3, 0.4) is 0 Å². The molecule has 0 fully saturated rings. The Morgan fingerprint density at radius 2 is 2.21 bits per heavy atom. The van der Waals surface area contributed by atoms with Crippen LogP contribution in [0.2, 0.25) is 0 Å². The first-order valence-corrected chi connectivity index (χ1v) is 5.30. The molecule has 0 aliphatic heterocycles. The van der Waals surface area contributed by atoms with Crippen molar-refractivity contribution in [1.29, 1.82) is 0 Å². The molecule has 0 saturated carbocycles. The minimum Gasteiger partial charge on any atom is -0.381 e. The Labute approximate surface area is 86.1 Å². The number of aliphatic hydroxyl groups excluding tert-OH is 1. The molecule has 1 N–H and O–H groups in total. The van der Waals surface area contributed by atoms with Crippen LogP contribution in [0.15, 0.2) is 29.2 Å². The van der Waals surface area contributed by atoms with Crippen LogP contribution in [0.5, 0.6) is 0 Å². The van der Waals surface area contributed by atoms with Crippen LogP contribution in [-0.2, 0) is 0 Å². The zero-order valence-corrected chi connectivity index (χ0v) is 8.53. The number of hydrogen-bond acceptors (Lipinski definition) is 4. The van der Waals surface area contributed by atoms with Crippen molar-refractivity contribution < 1.29 is 10.0 Å². The average Bonchev–Trinajstić information content (AvgIpc) is 2.16. The van der Waals surface area contributed by atoms with Gasteiger partial charge in [-0.3, -0.25) is 10.1 Å². The number of aliphatic hydroxyl groups is 1. The third-order valence-electron chi connectivity index (χ3n) is 1.82. The van der Waals surface area contributed by atoms with E-state index >= 15 is 0 Å². The topological polar surface area (TPSA) is 63.4 Å². The average molecular weight is 213 g/mol. The van der Waals surface area contributed by atoms with Crippen LogP contribution < -0.4 is 0 Å². The van der Waals surface area contributed by atoms with Crippen molar-refractivity contribution in [2.24, 2.45) is 0 Å². The van der Waals surface area contributed by atoms with Crippen LogP contribution >= 0.6 is 11.8 Å². The van der Waals surface area contributed by atoms with Gasteiger partial charge >= 0.3 is 0 Å². The fourth-order valence-corrected chi connectivity index (χ4v) is 1.84. The van der Waals surface area contributed by atoms with E-state index in [1.165, 1.54) is 11.8 Å². The van der Waals surface area contributed by atoms with Crippen LogP contribution in [-0.4, -0.2) is 22.8 Å². The van der Waals surface area contributed by atoms with Gasteiger partial charge in [-0.05, 0) is 12.3 Å². The molecule has 0 saturated heterocycles. The summed E-state index contributed by atoms with van der Waals surface area (Å²) in [6.07, 6.45) is 0.853. The third-order valence-corrected chi connectivity index (χ3v) is 2.63. The Hall–Kier alpha value is -1.07. The van der Waals surface area contributed by atoms with Crippen LogP contribution in [0, 0.1) is 10.1 Å². The minimum atomic E-state index is -1.02. The Morgan fingerprint density at radius 3 is 2.79 bits per heavy atom. The van der Waals surface area contributed by atoms with Crippen LogP contribution in [0.4, 0.5) is 0 Å². The summed E-state index contributed by atoms with van der Waals surface area (Å²) in [5.74, 6) is 0. The smallest absolute Gasteiger partial charge is 0.233 e. The maximum absolute atomic E-state index is 10.2. The Bertz CT molecular complexity index is 330. The summed E-state index contributed by atoms with van der Waals surface area (Å²) >= 11 is 1.47. The van der Waals surface area contributed by atoms with Gasteiger partial charge in [-0.1, -0.05) is 18.2 Å². The molecule has 0 aliphatic rings. The zero-order valence-electron chi connectivity index (χ0n) is 7.71. The standard InChI is InChI=1S/C9H11NO3S/c1-14-9-5-3-2-4-7(9)8(11)6-10(12)13/h2-5,8,11H,6H2,1H3/t8-/m1/s1. The van der Waals surface area contributed by atoms with Crippen molar-refractivity contribution in [3.8, 4) is 0 Å². The second kappa shape index (κ2) is 4.97. The molecule has 1 aromatic carbocycles. The van der Waals surface area contributed by atoms with E-state index in [4.69, 9.17) is 0 Å². The number of rotatable bonds is 4. The summed E-state index contributed by atoms with van der Waals surface area (Å²) in [6, 6.07) is 7.15. The zero-order chi connectivity index (χ0) is 10.6. The lowest BCUT2D eigenvalue weighted by Gasteiger charge is -2.10. The molecule has 1 rings (SSSR count). The fourth-order valence-electron chi connectivity index (χ4n) is 1.18. The van der Waals surface area contributed by atoms with Gasteiger partial charge in [-0.2, -0.15) is 0 Å². The third kappa shape index (κ3) is 2.71. The first kappa shape index (κ1) is 11.0. The van der Waals surface area contributed by atoms with Gasteiger partial charge in [-0.25, -0.2) is 0 Å². The molecule has 0 amide bonds. The Balaban J connectivity index is 2.87. The second-order valence-corrected chi connectivity index (χ2v) is 3.62. The van der Waals surface area contributed by atoms with Crippen LogP contribution in [0.25, 0.3) is 0 Å². The molecule has 1 aromatic rings. The summed E-state index contributed by atoms with van der Waals surface area (Å²) in [5, 5.41) is 19.8. The van der Waals surface area contributed by atoms with E-state index in [0.29, 0.717) is 5.56 Å². The molecular weight excluding hydrogens is 202 g/mol. The predicted molar refractivity (Wildman–Crippen MR) is 55.0 cm³/mol. The highest BCUT2D eigenvalue weighted by atomic mass is 32.2. The molecule has 0 aromatic heterocycles. The molecule has 14 heavy (non-hydrogen) atoms. The Kier molecular flexibility index (Phi) is 3.91. The highest BCUT2D eigenvalue weighted by molar-refractivity contribution is 7.98. The van der Waals surface area contributed by atoms with Crippen molar-refractivity contribution >= 4 is 11.8 Å². The normalized spacial score (nSPS) is 12.4.